The van der Waals surface area contributed by atoms with Crippen molar-refractivity contribution in [2.24, 2.45) is 10.7 Å². The van der Waals surface area contributed by atoms with Crippen LogP contribution < -0.4 is 10.6 Å². The highest BCUT2D eigenvalue weighted by Crippen LogP contribution is 2.26. The number of aromatic nitrogens is 1. The number of hydrogen-bond acceptors (Lipinski definition) is 7. The molecule has 2 saturated heterocycles. The number of hydrogen-bond donors (Lipinski definition) is 1. The molecule has 10 heteroatoms. The molecule has 2 aliphatic heterocycles. The first kappa shape index (κ1) is 24.8. The second-order valence-electron chi connectivity index (χ2n) is 9.42. The van der Waals surface area contributed by atoms with Gasteiger partial charge in [-0.25, -0.2) is 4.99 Å². The molecule has 194 valence electrons. The van der Waals surface area contributed by atoms with Gasteiger partial charge in [-0.1, -0.05) is 12.1 Å². The summed E-state index contributed by atoms with van der Waals surface area (Å²) in [5.74, 6) is 0.245. The van der Waals surface area contributed by atoms with Crippen molar-refractivity contribution in [3.05, 3.63) is 53.6 Å². The Morgan fingerprint density at radius 3 is 2.43 bits per heavy atom. The molecular formula is C27H32N6O4. The number of para-hydroxylation sites is 1. The number of nitrogens with two attached hydrogens (primary N) is 1. The number of carbonyl (C=O) groups excluding carboxylic acids is 2. The number of aliphatic imine (C=N–C) groups is 1. The summed E-state index contributed by atoms with van der Waals surface area (Å²) in [4.78, 5) is 40.3. The Morgan fingerprint density at radius 2 is 1.73 bits per heavy atom. The summed E-state index contributed by atoms with van der Waals surface area (Å²) in [5.41, 5.74) is 8.36. The molecule has 2 aliphatic rings. The minimum atomic E-state index is -0.505. The van der Waals surface area contributed by atoms with E-state index in [1.165, 1.54) is 0 Å². The molecule has 1 aromatic heterocycles. The number of amidine groups is 1. The predicted molar refractivity (Wildman–Crippen MR) is 141 cm³/mol. The van der Waals surface area contributed by atoms with Crippen LogP contribution in [-0.2, 0) is 4.74 Å². The van der Waals surface area contributed by atoms with Crippen molar-refractivity contribution in [3.8, 4) is 0 Å². The summed E-state index contributed by atoms with van der Waals surface area (Å²) < 4.78 is 11.5. The number of fused-ring (bicyclic) bond motifs is 1. The number of primary amides is 1. The van der Waals surface area contributed by atoms with Crippen LogP contribution in [0.5, 0.6) is 0 Å². The van der Waals surface area contributed by atoms with Gasteiger partial charge < -0.3 is 29.6 Å². The molecule has 2 N–H and O–H groups in total. The maximum Gasteiger partial charge on any atom is 0.298 e. The van der Waals surface area contributed by atoms with Crippen LogP contribution in [0.2, 0.25) is 0 Å². The van der Waals surface area contributed by atoms with Crippen LogP contribution in [-0.4, -0.2) is 84.9 Å². The van der Waals surface area contributed by atoms with Crippen molar-refractivity contribution in [1.29, 1.82) is 0 Å². The van der Waals surface area contributed by atoms with Gasteiger partial charge in [0.1, 0.15) is 11.4 Å². The van der Waals surface area contributed by atoms with E-state index in [-0.39, 0.29) is 12.0 Å². The van der Waals surface area contributed by atoms with E-state index in [0.717, 1.165) is 37.3 Å². The van der Waals surface area contributed by atoms with Gasteiger partial charge in [-0.2, -0.15) is 4.98 Å². The van der Waals surface area contributed by atoms with Crippen LogP contribution in [0.15, 0.2) is 51.9 Å². The van der Waals surface area contributed by atoms with E-state index < -0.39 is 5.91 Å². The monoisotopic (exact) mass is 504 g/mol. The third-order valence-electron chi connectivity index (χ3n) is 7.15. The van der Waals surface area contributed by atoms with Crippen molar-refractivity contribution < 1.29 is 18.7 Å². The highest BCUT2D eigenvalue weighted by Gasteiger charge is 2.25. The molecule has 0 saturated carbocycles. The Kier molecular flexibility index (Phi) is 7.09. The first-order valence-electron chi connectivity index (χ1n) is 12.6. The number of methoxy groups -OCH3 is 1. The lowest BCUT2D eigenvalue weighted by atomic mass is 10.1. The molecule has 10 nitrogen and oxygen atoms in total. The summed E-state index contributed by atoms with van der Waals surface area (Å²) in [6.07, 6.45) is 2.16. The molecule has 0 bridgehead atoms. The van der Waals surface area contributed by atoms with Crippen LogP contribution in [0.25, 0.3) is 11.1 Å². The lowest BCUT2D eigenvalue weighted by Gasteiger charge is -2.35. The Hall–Kier alpha value is -3.92. The number of anilines is 1. The van der Waals surface area contributed by atoms with E-state index in [9.17, 15) is 9.59 Å². The number of ether oxygens (including phenoxy) is 1. The van der Waals surface area contributed by atoms with Crippen molar-refractivity contribution in [1.82, 2.24) is 14.8 Å². The van der Waals surface area contributed by atoms with Gasteiger partial charge in [-0.15, -0.1) is 0 Å². The van der Waals surface area contributed by atoms with Gasteiger partial charge in [0.15, 0.2) is 5.58 Å². The number of rotatable bonds is 5. The Labute approximate surface area is 215 Å². The van der Waals surface area contributed by atoms with Crippen LogP contribution in [0.1, 0.15) is 40.5 Å². The van der Waals surface area contributed by atoms with Crippen LogP contribution in [0, 0.1) is 0 Å². The number of oxazole rings is 1. The first-order chi connectivity index (χ1) is 17.9. The van der Waals surface area contributed by atoms with Crippen molar-refractivity contribution in [2.45, 2.75) is 25.9 Å². The number of piperazine rings is 1. The van der Waals surface area contributed by atoms with Crippen LogP contribution in [0.4, 0.5) is 11.7 Å². The highest BCUT2D eigenvalue weighted by molar-refractivity contribution is 5.99. The zero-order valence-electron chi connectivity index (χ0n) is 21.2. The maximum atomic E-state index is 13.2. The van der Waals surface area contributed by atoms with Crippen LogP contribution >= 0.6 is 0 Å². The Balaban J connectivity index is 1.23. The van der Waals surface area contributed by atoms with E-state index in [4.69, 9.17) is 14.9 Å². The molecule has 3 aromatic rings. The van der Waals surface area contributed by atoms with E-state index in [1.54, 1.807) is 31.4 Å². The summed E-state index contributed by atoms with van der Waals surface area (Å²) in [6, 6.07) is 13.1. The first-order valence-corrected chi connectivity index (χ1v) is 12.6. The highest BCUT2D eigenvalue weighted by atomic mass is 16.5. The topological polar surface area (TPSA) is 118 Å². The number of benzene rings is 2. The third-order valence-corrected chi connectivity index (χ3v) is 7.15. The zero-order chi connectivity index (χ0) is 25.9. The summed E-state index contributed by atoms with van der Waals surface area (Å²) >= 11 is 0. The van der Waals surface area contributed by atoms with Gasteiger partial charge in [0.25, 0.3) is 17.8 Å². The molecular weight excluding hydrogens is 472 g/mol. The summed E-state index contributed by atoms with van der Waals surface area (Å²) in [7, 11) is 1.75. The summed E-state index contributed by atoms with van der Waals surface area (Å²) in [6.45, 7) is 5.99. The molecule has 3 heterocycles. The number of carbonyl (C=O) groups is 2. The largest absolute Gasteiger partial charge is 0.423 e. The fraction of sp³-hybridized carbons (Fsp3) is 0.407. The van der Waals surface area contributed by atoms with Crippen molar-refractivity contribution in [2.75, 3.05) is 51.3 Å². The normalized spacial score (nSPS) is 17.5. The number of piperidine rings is 1. The fourth-order valence-corrected chi connectivity index (χ4v) is 4.90. The lowest BCUT2D eigenvalue weighted by Crippen LogP contribution is -2.50. The second kappa shape index (κ2) is 10.6. The van der Waals surface area contributed by atoms with Gasteiger partial charge >= 0.3 is 0 Å². The maximum absolute atomic E-state index is 13.2. The van der Waals surface area contributed by atoms with Crippen molar-refractivity contribution in [3.63, 3.8) is 0 Å². The van der Waals surface area contributed by atoms with Gasteiger partial charge in [-0.05, 0) is 50.1 Å². The minimum Gasteiger partial charge on any atom is -0.423 e. The molecule has 2 amide bonds. The number of amides is 2. The molecule has 2 fully saturated rings. The van der Waals surface area contributed by atoms with Gasteiger partial charge in [0.05, 0.1) is 17.4 Å². The molecule has 37 heavy (non-hydrogen) atoms. The van der Waals surface area contributed by atoms with Crippen molar-refractivity contribution >= 4 is 40.5 Å². The quantitative estimate of drug-likeness (QED) is 0.419. The molecule has 0 atom stereocenters. The summed E-state index contributed by atoms with van der Waals surface area (Å²) in [5, 5.41) is 0. The van der Waals surface area contributed by atoms with E-state index in [2.05, 4.69) is 19.8 Å². The SMILES string of the molecule is COC1CCN(c2nc3ccc(C(=O)N4CCN(C(C)=Nc5ccccc5C(N)=O)CC4)cc3o2)CC1. The standard InChI is InChI=1S/C27H32N6O4/c1-18(29-22-6-4-3-5-21(22)25(28)34)31-13-15-32(16-14-31)26(35)19-7-8-23-24(17-19)37-27(30-23)33-11-9-20(36-2)10-12-33/h3-8,17,20H,9-16H2,1-2H3,(H2,28,34). The van der Waals surface area contributed by atoms with E-state index in [1.807, 2.05) is 30.0 Å². The van der Waals surface area contributed by atoms with Gasteiger partial charge in [0, 0.05) is 51.9 Å². The number of nitrogens with zero attached hydrogens (tertiary/aromatic N) is 5. The smallest absolute Gasteiger partial charge is 0.298 e. The van der Waals surface area contributed by atoms with E-state index >= 15 is 0 Å². The molecule has 0 radical (unpaired) electrons. The Morgan fingerprint density at radius 1 is 1.03 bits per heavy atom. The third kappa shape index (κ3) is 5.29. The molecule has 0 unspecified atom stereocenters. The van der Waals surface area contributed by atoms with Crippen LogP contribution in [0.3, 0.4) is 0 Å². The molecule has 2 aromatic carbocycles. The average Bonchev–Trinajstić information content (AvgIpc) is 3.36. The zero-order valence-corrected chi connectivity index (χ0v) is 21.2. The van der Waals surface area contributed by atoms with Gasteiger partial charge in [0.2, 0.25) is 0 Å². The van der Waals surface area contributed by atoms with E-state index in [0.29, 0.717) is 54.6 Å². The minimum absolute atomic E-state index is 0.0333. The molecule has 0 spiro atoms. The second-order valence-corrected chi connectivity index (χ2v) is 9.42. The lowest BCUT2D eigenvalue weighted by molar-refractivity contribution is 0.0691. The molecule has 0 aliphatic carbocycles. The van der Waals surface area contributed by atoms with Gasteiger partial charge in [-0.3, -0.25) is 9.59 Å². The average molecular weight is 505 g/mol. The fourth-order valence-electron chi connectivity index (χ4n) is 4.90. The Bertz CT molecular complexity index is 1320. The predicted octanol–water partition coefficient (Wildman–Crippen LogP) is 3.05. The molecule has 5 rings (SSSR count).